The van der Waals surface area contributed by atoms with Crippen molar-refractivity contribution in [1.29, 1.82) is 0 Å². The quantitative estimate of drug-likeness (QED) is 0.0497. The van der Waals surface area contributed by atoms with Crippen molar-refractivity contribution in [3.8, 4) is 120 Å². The van der Waals surface area contributed by atoms with E-state index in [-0.39, 0.29) is 11.1 Å². The normalized spacial score (nSPS) is 11.6. The van der Waals surface area contributed by atoms with Crippen LogP contribution in [0.2, 0.25) is 0 Å². The number of benzene rings is 8. The second-order valence-electron chi connectivity index (χ2n) is 12.7. The lowest BCUT2D eigenvalue weighted by Gasteiger charge is -2.24. The van der Waals surface area contributed by atoms with Crippen LogP contribution in [0.3, 0.4) is 0 Å². The number of hydrogen-bond donors (Lipinski definition) is 15. The summed E-state index contributed by atoms with van der Waals surface area (Å²) in [7, 11) is 0. The summed E-state index contributed by atoms with van der Waals surface area (Å²) < 4.78 is 0. The summed E-state index contributed by atoms with van der Waals surface area (Å²) in [5, 5.41) is 162. The van der Waals surface area contributed by atoms with Crippen LogP contribution in [0.1, 0.15) is 0 Å². The molecule has 0 radical (unpaired) electrons. The predicted molar refractivity (Wildman–Crippen MR) is 198 cm³/mol. The molecule has 15 N–H and O–H groups in total. The zero-order valence-corrected chi connectivity index (χ0v) is 27.6. The Morgan fingerprint density at radius 2 is 0.545 bits per heavy atom. The highest BCUT2D eigenvalue weighted by Crippen LogP contribution is 2.66. The fourth-order valence-electron chi connectivity index (χ4n) is 7.24. The molecular formula is C40H26O15. The van der Waals surface area contributed by atoms with Crippen molar-refractivity contribution in [3.05, 3.63) is 66.7 Å². The maximum atomic E-state index is 11.5. The topological polar surface area (TPSA) is 303 Å². The summed E-state index contributed by atoms with van der Waals surface area (Å²) in [5.41, 5.74) is -0.880. The number of fused-ring (bicyclic) bond motifs is 4. The smallest absolute Gasteiger partial charge is 0.205 e. The maximum Gasteiger partial charge on any atom is 0.205 e. The number of phenolic OH excluding ortho intramolecular Hbond substituents is 15. The third-order valence-electron chi connectivity index (χ3n) is 9.87. The van der Waals surface area contributed by atoms with E-state index in [2.05, 4.69) is 0 Å². The second kappa shape index (κ2) is 11.4. The summed E-state index contributed by atoms with van der Waals surface area (Å²) >= 11 is 0. The van der Waals surface area contributed by atoms with Crippen LogP contribution in [-0.2, 0) is 0 Å². The van der Waals surface area contributed by atoms with Crippen molar-refractivity contribution in [2.24, 2.45) is 0 Å². The van der Waals surface area contributed by atoms with Crippen molar-refractivity contribution in [2.75, 3.05) is 0 Å². The minimum atomic E-state index is -1.46. The highest BCUT2D eigenvalue weighted by Gasteiger charge is 2.36. The molecule has 0 amide bonds. The van der Waals surface area contributed by atoms with Gasteiger partial charge in [0.25, 0.3) is 0 Å². The van der Waals surface area contributed by atoms with Gasteiger partial charge in [0.2, 0.25) is 40.2 Å². The van der Waals surface area contributed by atoms with E-state index >= 15 is 0 Å². The van der Waals surface area contributed by atoms with Crippen LogP contribution in [0.25, 0.3) is 76.5 Å². The first-order chi connectivity index (χ1) is 26.1. The first-order valence-corrected chi connectivity index (χ1v) is 16.0. The lowest BCUT2D eigenvalue weighted by molar-refractivity contribution is 0.347. The fraction of sp³-hybridized carbons (Fsp3) is 0. The molecule has 0 aliphatic rings. The summed E-state index contributed by atoms with van der Waals surface area (Å²) in [6, 6.07) is 19.5. The molecular weight excluding hydrogens is 720 g/mol. The van der Waals surface area contributed by atoms with Crippen LogP contribution < -0.4 is 0 Å². The van der Waals surface area contributed by atoms with E-state index in [9.17, 15) is 76.6 Å². The van der Waals surface area contributed by atoms with Gasteiger partial charge in [-0.2, -0.15) is 0 Å². The third kappa shape index (κ3) is 4.37. The minimum absolute atomic E-state index is 0.0383. The minimum Gasteiger partial charge on any atom is -0.504 e. The van der Waals surface area contributed by atoms with Gasteiger partial charge in [-0.05, 0) is 33.5 Å². The molecule has 0 atom stereocenters. The van der Waals surface area contributed by atoms with Crippen LogP contribution in [-0.4, -0.2) is 76.6 Å². The van der Waals surface area contributed by atoms with E-state index < -0.39 is 130 Å². The van der Waals surface area contributed by atoms with Gasteiger partial charge in [-0.15, -0.1) is 0 Å². The molecule has 15 heteroatoms. The first kappa shape index (κ1) is 33.9. The van der Waals surface area contributed by atoms with Crippen LogP contribution >= 0.6 is 0 Å². The van der Waals surface area contributed by atoms with Gasteiger partial charge in [-0.3, -0.25) is 0 Å². The molecule has 8 aromatic rings. The molecule has 276 valence electrons. The van der Waals surface area contributed by atoms with Crippen molar-refractivity contribution in [3.63, 3.8) is 0 Å². The molecule has 0 saturated heterocycles. The molecule has 0 saturated carbocycles. The number of rotatable bonds is 3. The van der Waals surface area contributed by atoms with E-state index in [1.165, 1.54) is 12.1 Å². The van der Waals surface area contributed by atoms with Crippen molar-refractivity contribution in [1.82, 2.24) is 0 Å². The Labute approximate surface area is 305 Å². The Morgan fingerprint density at radius 3 is 1.00 bits per heavy atom. The number of hydrogen-bond acceptors (Lipinski definition) is 15. The van der Waals surface area contributed by atoms with Crippen molar-refractivity contribution < 1.29 is 76.6 Å². The molecule has 55 heavy (non-hydrogen) atoms. The fourth-order valence-corrected chi connectivity index (χ4v) is 7.24. The summed E-state index contributed by atoms with van der Waals surface area (Å²) in [5.74, 6) is -20.3. The predicted octanol–water partition coefficient (Wildman–Crippen LogP) is 6.88. The molecule has 8 rings (SSSR count). The Bertz CT molecular complexity index is 2940. The van der Waals surface area contributed by atoms with Gasteiger partial charge in [-0.1, -0.05) is 60.7 Å². The Hall–Kier alpha value is -8.20. The molecule has 0 spiro atoms. The molecule has 0 aromatic heterocycles. The molecule has 15 nitrogen and oxygen atoms in total. The third-order valence-corrected chi connectivity index (χ3v) is 9.87. The van der Waals surface area contributed by atoms with Gasteiger partial charge in [0.15, 0.2) is 46.0 Å². The van der Waals surface area contributed by atoms with Gasteiger partial charge in [-0.25, -0.2) is 0 Å². The summed E-state index contributed by atoms with van der Waals surface area (Å²) in [4.78, 5) is 0. The SMILES string of the molecule is Oc1c(O)c(O)c2c(-c3c4c(O)c(O)c(O)c(O)c4c(-c4ccc(-c5ccc6ccccc6c5)cc4)c4c(O)c(O)c(O)c(O)c34)c(O)c(O)c(O)c2c1O. The van der Waals surface area contributed by atoms with E-state index in [0.29, 0.717) is 5.56 Å². The van der Waals surface area contributed by atoms with Gasteiger partial charge >= 0.3 is 0 Å². The number of phenols is 15. The van der Waals surface area contributed by atoms with Gasteiger partial charge in [0, 0.05) is 43.6 Å². The largest absolute Gasteiger partial charge is 0.504 e. The zero-order valence-electron chi connectivity index (χ0n) is 27.6. The van der Waals surface area contributed by atoms with Gasteiger partial charge < -0.3 is 76.6 Å². The lowest BCUT2D eigenvalue weighted by atomic mass is 9.81. The molecule has 0 aliphatic heterocycles. The lowest BCUT2D eigenvalue weighted by Crippen LogP contribution is -1.96. The van der Waals surface area contributed by atoms with Crippen LogP contribution in [0.15, 0.2) is 66.7 Å². The molecule has 0 unspecified atom stereocenters. The zero-order chi connectivity index (χ0) is 39.5. The Balaban J connectivity index is 1.61. The van der Waals surface area contributed by atoms with E-state index in [4.69, 9.17) is 0 Å². The first-order valence-electron chi connectivity index (χ1n) is 16.0. The molecule has 0 fully saturated rings. The van der Waals surface area contributed by atoms with E-state index in [1.807, 2.05) is 42.5 Å². The summed E-state index contributed by atoms with van der Waals surface area (Å²) in [6.45, 7) is 0. The monoisotopic (exact) mass is 746 g/mol. The van der Waals surface area contributed by atoms with Gasteiger partial charge in [0.1, 0.15) is 0 Å². The molecule has 8 aromatic carbocycles. The number of aromatic hydroxyl groups is 15. The Morgan fingerprint density at radius 1 is 0.218 bits per heavy atom. The molecule has 0 aliphatic carbocycles. The standard InChI is InChI=1S/C40H26O15/c41-26-19-17(14-8-5-13(6-9-14)16-10-7-12-3-1-2-4-15(12)11-16)20-22(30(45)38(53)36(51)27(20)42)18(21(19)29(44)37(52)35(26)50)23-24-25(32(47)34(49)28(23)43)33(48)40(55)39(54)31(24)46/h1-11,41-55H. The van der Waals surface area contributed by atoms with Crippen molar-refractivity contribution in [2.45, 2.75) is 0 Å². The highest BCUT2D eigenvalue weighted by molar-refractivity contribution is 6.32. The van der Waals surface area contributed by atoms with E-state index in [1.54, 1.807) is 12.1 Å². The molecule has 0 bridgehead atoms. The second-order valence-corrected chi connectivity index (χ2v) is 12.7. The van der Waals surface area contributed by atoms with Crippen molar-refractivity contribution >= 4 is 43.1 Å². The highest BCUT2D eigenvalue weighted by atomic mass is 16.4. The van der Waals surface area contributed by atoms with Crippen LogP contribution in [0.4, 0.5) is 0 Å². The average Bonchev–Trinajstić information content (AvgIpc) is 3.19. The molecule has 0 heterocycles. The van der Waals surface area contributed by atoms with E-state index in [0.717, 1.165) is 16.3 Å². The van der Waals surface area contributed by atoms with Crippen LogP contribution in [0, 0.1) is 0 Å². The van der Waals surface area contributed by atoms with Crippen LogP contribution in [0.5, 0.6) is 86.2 Å². The maximum absolute atomic E-state index is 11.5. The summed E-state index contributed by atoms with van der Waals surface area (Å²) in [6.07, 6.45) is 0. The van der Waals surface area contributed by atoms with Gasteiger partial charge in [0.05, 0.1) is 5.39 Å². The Kier molecular flexibility index (Phi) is 7.03. The average molecular weight is 747 g/mol.